The van der Waals surface area contributed by atoms with Crippen molar-refractivity contribution in [1.29, 1.82) is 0 Å². The lowest BCUT2D eigenvalue weighted by Gasteiger charge is -2.11. The molecule has 96 valence electrons. The van der Waals surface area contributed by atoms with Crippen molar-refractivity contribution in [3.8, 4) is 11.1 Å². The highest BCUT2D eigenvalue weighted by Crippen LogP contribution is 2.29. The maximum absolute atomic E-state index is 5.69. The maximum Gasteiger partial charge on any atom is 0.0571 e. The summed E-state index contributed by atoms with van der Waals surface area (Å²) in [5.41, 5.74) is 13.3. The second-order valence-electron chi connectivity index (χ2n) is 4.92. The van der Waals surface area contributed by atoms with Crippen LogP contribution in [-0.2, 0) is 13.5 Å². The molecule has 0 amide bonds. The Morgan fingerprint density at radius 1 is 1.06 bits per heavy atom. The molecular weight excluding hydrogens is 222 g/mol. The number of nitrogens with two attached hydrogens (primary N) is 1. The van der Waals surface area contributed by atoms with E-state index >= 15 is 0 Å². The van der Waals surface area contributed by atoms with Gasteiger partial charge in [-0.05, 0) is 49.6 Å². The average molecular weight is 243 g/mol. The Hall–Kier alpha value is -1.61. The van der Waals surface area contributed by atoms with Crippen molar-refractivity contribution in [2.75, 3.05) is 6.54 Å². The Morgan fingerprint density at radius 2 is 1.72 bits per heavy atom. The molecule has 1 aromatic heterocycles. The normalized spacial score (nSPS) is 10.9. The van der Waals surface area contributed by atoms with Gasteiger partial charge in [-0.15, -0.1) is 0 Å². The zero-order chi connectivity index (χ0) is 13.3. The Bertz CT molecular complexity index is 567. The monoisotopic (exact) mass is 243 g/mol. The van der Waals surface area contributed by atoms with Crippen LogP contribution in [0.4, 0.5) is 0 Å². The van der Waals surface area contributed by atoms with Gasteiger partial charge in [-0.2, -0.15) is 5.10 Å². The van der Waals surface area contributed by atoms with Crippen molar-refractivity contribution in [3.63, 3.8) is 0 Å². The molecule has 0 saturated carbocycles. The molecule has 0 aliphatic rings. The van der Waals surface area contributed by atoms with E-state index in [1.54, 1.807) is 0 Å². The minimum atomic E-state index is 0.649. The summed E-state index contributed by atoms with van der Waals surface area (Å²) < 4.78 is 1.93. The van der Waals surface area contributed by atoms with Gasteiger partial charge in [0.2, 0.25) is 0 Å². The molecule has 0 saturated heterocycles. The Morgan fingerprint density at radius 3 is 2.39 bits per heavy atom. The van der Waals surface area contributed by atoms with E-state index in [4.69, 9.17) is 5.73 Å². The molecule has 0 fully saturated rings. The summed E-state index contributed by atoms with van der Waals surface area (Å²) in [5.74, 6) is 0. The van der Waals surface area contributed by atoms with Crippen molar-refractivity contribution in [3.05, 3.63) is 40.7 Å². The second-order valence-corrected chi connectivity index (χ2v) is 4.92. The van der Waals surface area contributed by atoms with Crippen LogP contribution in [-0.4, -0.2) is 16.3 Å². The van der Waals surface area contributed by atoms with E-state index in [1.165, 1.54) is 33.5 Å². The van der Waals surface area contributed by atoms with E-state index < -0.39 is 0 Å². The van der Waals surface area contributed by atoms with Gasteiger partial charge in [-0.1, -0.05) is 12.1 Å². The highest BCUT2D eigenvalue weighted by molar-refractivity contribution is 5.70. The molecule has 0 aliphatic heterocycles. The van der Waals surface area contributed by atoms with Crippen LogP contribution in [0.25, 0.3) is 11.1 Å². The molecule has 2 N–H and O–H groups in total. The van der Waals surface area contributed by atoms with Gasteiger partial charge in [0.25, 0.3) is 0 Å². The number of hydrogen-bond acceptors (Lipinski definition) is 2. The first kappa shape index (κ1) is 12.8. The predicted octanol–water partition coefficient (Wildman–Crippen LogP) is 2.51. The zero-order valence-electron chi connectivity index (χ0n) is 11.6. The average Bonchev–Trinajstić information content (AvgIpc) is 2.67. The summed E-state index contributed by atoms with van der Waals surface area (Å²) in [6, 6.07) is 4.49. The Labute approximate surface area is 109 Å². The number of nitrogens with zero attached hydrogens (tertiary/aromatic N) is 2. The molecule has 3 heteroatoms. The van der Waals surface area contributed by atoms with Gasteiger partial charge in [0.15, 0.2) is 0 Å². The van der Waals surface area contributed by atoms with Crippen molar-refractivity contribution in [1.82, 2.24) is 9.78 Å². The molecule has 2 aromatic rings. The molecule has 0 unspecified atom stereocenters. The van der Waals surface area contributed by atoms with Gasteiger partial charge in [-0.3, -0.25) is 4.68 Å². The molecular formula is C15H21N3. The summed E-state index contributed by atoms with van der Waals surface area (Å²) in [6.07, 6.45) is 2.81. The fraction of sp³-hybridized carbons (Fsp3) is 0.400. The van der Waals surface area contributed by atoms with E-state index in [1.807, 2.05) is 17.9 Å². The molecule has 0 atom stereocenters. The van der Waals surface area contributed by atoms with Crippen LogP contribution in [0.15, 0.2) is 18.3 Å². The van der Waals surface area contributed by atoms with Gasteiger partial charge in [-0.25, -0.2) is 0 Å². The van der Waals surface area contributed by atoms with Gasteiger partial charge < -0.3 is 5.73 Å². The van der Waals surface area contributed by atoms with Crippen LogP contribution in [0.3, 0.4) is 0 Å². The summed E-state index contributed by atoms with van der Waals surface area (Å²) in [5, 5.41) is 4.37. The van der Waals surface area contributed by atoms with Crippen molar-refractivity contribution in [2.24, 2.45) is 12.8 Å². The van der Waals surface area contributed by atoms with Crippen molar-refractivity contribution < 1.29 is 0 Å². The first-order chi connectivity index (χ1) is 8.54. The molecule has 2 rings (SSSR count). The van der Waals surface area contributed by atoms with Gasteiger partial charge in [0.1, 0.15) is 0 Å². The number of rotatable bonds is 3. The predicted molar refractivity (Wildman–Crippen MR) is 75.6 cm³/mol. The first-order valence-electron chi connectivity index (χ1n) is 6.33. The summed E-state index contributed by atoms with van der Waals surface area (Å²) in [4.78, 5) is 0. The zero-order valence-corrected chi connectivity index (χ0v) is 11.6. The minimum Gasteiger partial charge on any atom is -0.330 e. The number of hydrogen-bond donors (Lipinski definition) is 1. The third-order valence-corrected chi connectivity index (χ3v) is 3.57. The van der Waals surface area contributed by atoms with Crippen LogP contribution in [0, 0.1) is 20.8 Å². The molecule has 0 spiro atoms. The maximum atomic E-state index is 5.69. The van der Waals surface area contributed by atoms with Crippen LogP contribution < -0.4 is 5.73 Å². The molecule has 3 nitrogen and oxygen atoms in total. The lowest BCUT2D eigenvalue weighted by molar-refractivity contribution is 0.707. The smallest absolute Gasteiger partial charge is 0.0571 e. The summed E-state index contributed by atoms with van der Waals surface area (Å²) >= 11 is 0. The van der Waals surface area contributed by atoms with Crippen LogP contribution in [0.1, 0.15) is 22.4 Å². The van der Waals surface area contributed by atoms with E-state index in [9.17, 15) is 0 Å². The molecule has 1 aromatic carbocycles. The minimum absolute atomic E-state index is 0.649. The fourth-order valence-corrected chi connectivity index (χ4v) is 2.37. The van der Waals surface area contributed by atoms with E-state index in [-0.39, 0.29) is 0 Å². The molecule has 0 aliphatic carbocycles. The number of benzene rings is 1. The summed E-state index contributed by atoms with van der Waals surface area (Å²) in [7, 11) is 1.98. The van der Waals surface area contributed by atoms with Crippen LogP contribution in [0.5, 0.6) is 0 Å². The van der Waals surface area contributed by atoms with Crippen LogP contribution >= 0.6 is 0 Å². The standard InChI is InChI=1S/C15H21N3/c1-10-7-12(3)13(8-11(10)2)14-9-17-18(4)15(14)5-6-16/h7-9H,5-6,16H2,1-4H3. The molecule has 0 radical (unpaired) electrons. The van der Waals surface area contributed by atoms with E-state index in [2.05, 4.69) is 38.0 Å². The van der Waals surface area contributed by atoms with E-state index in [0.717, 1.165) is 6.42 Å². The van der Waals surface area contributed by atoms with E-state index in [0.29, 0.717) is 6.54 Å². The topological polar surface area (TPSA) is 43.8 Å². The Kier molecular flexibility index (Phi) is 3.53. The number of aromatic nitrogens is 2. The van der Waals surface area contributed by atoms with Gasteiger partial charge in [0, 0.05) is 24.7 Å². The molecule has 18 heavy (non-hydrogen) atoms. The van der Waals surface area contributed by atoms with Crippen molar-refractivity contribution >= 4 is 0 Å². The van der Waals surface area contributed by atoms with Crippen molar-refractivity contribution in [2.45, 2.75) is 27.2 Å². The van der Waals surface area contributed by atoms with Gasteiger partial charge in [0.05, 0.1) is 6.20 Å². The fourth-order valence-electron chi connectivity index (χ4n) is 2.37. The second kappa shape index (κ2) is 4.94. The van der Waals surface area contributed by atoms with Crippen LogP contribution in [0.2, 0.25) is 0 Å². The lowest BCUT2D eigenvalue weighted by atomic mass is 9.95. The number of aryl methyl sites for hydroxylation is 4. The molecule has 1 heterocycles. The summed E-state index contributed by atoms with van der Waals surface area (Å²) in [6.45, 7) is 7.10. The third kappa shape index (κ3) is 2.18. The molecule has 0 bridgehead atoms. The lowest BCUT2D eigenvalue weighted by Crippen LogP contribution is -2.08. The highest BCUT2D eigenvalue weighted by Gasteiger charge is 2.12. The Balaban J connectivity index is 2.58. The quantitative estimate of drug-likeness (QED) is 0.900. The van der Waals surface area contributed by atoms with Gasteiger partial charge >= 0.3 is 0 Å². The first-order valence-corrected chi connectivity index (χ1v) is 6.33. The SMILES string of the molecule is Cc1cc(C)c(-c2cnn(C)c2CCN)cc1C. The highest BCUT2D eigenvalue weighted by atomic mass is 15.3. The third-order valence-electron chi connectivity index (χ3n) is 3.57. The largest absolute Gasteiger partial charge is 0.330 e.